The Morgan fingerprint density at radius 1 is 0.339 bits per heavy atom. The molecule has 0 spiro atoms. The Hall–Kier alpha value is -6.06. The molecule has 56 heavy (non-hydrogen) atoms. The van der Waals surface area contributed by atoms with Crippen molar-refractivity contribution in [2.75, 3.05) is 13.2 Å². The minimum Gasteiger partial charge on any atom is -0.493 e. The molecule has 0 bridgehead atoms. The van der Waals surface area contributed by atoms with Gasteiger partial charge >= 0.3 is 0 Å². The molecule has 0 saturated heterocycles. The fourth-order valence-corrected chi connectivity index (χ4v) is 5.98. The van der Waals surface area contributed by atoms with Gasteiger partial charge in [-0.25, -0.2) is 0 Å². The molecule has 0 amide bonds. The number of unbranched alkanes of at least 4 members (excludes halogenated alkanes) is 2. The van der Waals surface area contributed by atoms with Crippen LogP contribution >= 0.6 is 0 Å². The summed E-state index contributed by atoms with van der Waals surface area (Å²) in [5.74, 6) is 29.1. The molecule has 2 nitrogen and oxygen atoms in total. The maximum Gasteiger partial charge on any atom is 0.119 e. The maximum absolute atomic E-state index is 6.04. The van der Waals surface area contributed by atoms with E-state index in [2.05, 4.69) is 75.1 Å². The zero-order valence-electron chi connectivity index (χ0n) is 33.6. The van der Waals surface area contributed by atoms with E-state index in [1.54, 1.807) is 0 Å². The first-order valence-electron chi connectivity index (χ1n) is 20.4. The van der Waals surface area contributed by atoms with E-state index >= 15 is 0 Å². The van der Waals surface area contributed by atoms with E-state index in [0.717, 1.165) is 82.1 Å². The molecule has 5 aromatic rings. The van der Waals surface area contributed by atoms with Crippen molar-refractivity contribution in [3.05, 3.63) is 166 Å². The summed E-state index contributed by atoms with van der Waals surface area (Å²) in [5, 5.41) is 0. The lowest BCUT2D eigenvalue weighted by Crippen LogP contribution is -2.11. The molecule has 0 aliphatic rings. The van der Waals surface area contributed by atoms with Crippen LogP contribution in [-0.4, -0.2) is 13.2 Å². The van der Waals surface area contributed by atoms with E-state index in [1.165, 1.54) is 38.5 Å². The minimum absolute atomic E-state index is 0.617. The first-order chi connectivity index (χ1) is 27.5. The van der Waals surface area contributed by atoms with Gasteiger partial charge in [-0.2, -0.15) is 0 Å². The van der Waals surface area contributed by atoms with Gasteiger partial charge in [0.05, 0.1) is 13.2 Å². The predicted octanol–water partition coefficient (Wildman–Crippen LogP) is 12.5. The van der Waals surface area contributed by atoms with Crippen LogP contribution in [0.15, 0.2) is 121 Å². The fraction of sp³-hybridized carbons (Fsp3) is 0.296. The highest BCUT2D eigenvalue weighted by atomic mass is 16.5. The summed E-state index contributed by atoms with van der Waals surface area (Å²) in [5.41, 5.74) is 7.60. The van der Waals surface area contributed by atoms with Crippen molar-refractivity contribution in [3.8, 4) is 58.9 Å². The van der Waals surface area contributed by atoms with Gasteiger partial charge in [0.2, 0.25) is 0 Å². The highest BCUT2D eigenvalue weighted by Crippen LogP contribution is 2.19. The Morgan fingerprint density at radius 3 is 0.750 bits per heavy atom. The van der Waals surface area contributed by atoms with Gasteiger partial charge in [0, 0.05) is 44.5 Å². The molecular formula is C54H54O2. The third-order valence-electron chi connectivity index (χ3n) is 9.83. The molecule has 5 aromatic carbocycles. The largest absolute Gasteiger partial charge is 0.493 e. The molecule has 2 unspecified atom stereocenters. The Morgan fingerprint density at radius 2 is 0.554 bits per heavy atom. The molecule has 2 atom stereocenters. The van der Waals surface area contributed by atoms with Crippen LogP contribution in [0.25, 0.3) is 0 Å². The summed E-state index contributed by atoms with van der Waals surface area (Å²) in [4.78, 5) is 0. The standard InChI is InChI=1S/C54H54O2/c1-5-9-11-43(7-3)41-55-53-37-33-51(34-38-53)31-29-49-25-21-47(22-26-49)19-17-45-13-15-46(16-14-45)18-20-48-23-27-50(28-24-48)30-32-52-35-39-54(40-36-52)56-42-44(8-4)12-10-6-2/h13-16,21-28,33-40,43-44H,5-12,41-42H2,1-4H3. The highest BCUT2D eigenvalue weighted by Gasteiger charge is 2.08. The van der Waals surface area contributed by atoms with Crippen molar-refractivity contribution in [3.63, 3.8) is 0 Å². The number of hydrogen-bond acceptors (Lipinski definition) is 2. The molecular weight excluding hydrogens is 681 g/mol. The van der Waals surface area contributed by atoms with E-state index in [1.807, 2.05) is 121 Å². The van der Waals surface area contributed by atoms with E-state index in [9.17, 15) is 0 Å². The fourth-order valence-electron chi connectivity index (χ4n) is 5.98. The van der Waals surface area contributed by atoms with Gasteiger partial charge in [0.1, 0.15) is 11.5 Å². The van der Waals surface area contributed by atoms with Crippen molar-refractivity contribution in [2.24, 2.45) is 11.8 Å². The van der Waals surface area contributed by atoms with Crippen molar-refractivity contribution in [2.45, 2.75) is 79.1 Å². The number of hydrogen-bond donors (Lipinski definition) is 0. The van der Waals surface area contributed by atoms with Crippen LogP contribution in [0.5, 0.6) is 11.5 Å². The van der Waals surface area contributed by atoms with Crippen LogP contribution in [0.1, 0.15) is 124 Å². The second-order valence-electron chi connectivity index (χ2n) is 14.2. The SMILES string of the molecule is CCCCC(CC)COc1ccc(C#Cc2ccc(C#Cc3ccc(C#Cc4ccc(C#Cc5ccc(OCC(CC)CCCC)cc5)cc4)cc3)cc2)cc1. The number of ether oxygens (including phenoxy) is 2. The van der Waals surface area contributed by atoms with Gasteiger partial charge in [0.15, 0.2) is 0 Å². The second kappa shape index (κ2) is 23.0. The predicted molar refractivity (Wildman–Crippen MR) is 234 cm³/mol. The highest BCUT2D eigenvalue weighted by molar-refractivity contribution is 5.51. The summed E-state index contributed by atoms with van der Waals surface area (Å²) < 4.78 is 12.1. The van der Waals surface area contributed by atoms with Gasteiger partial charge in [-0.05, 0) is 146 Å². The zero-order valence-corrected chi connectivity index (χ0v) is 33.6. The van der Waals surface area contributed by atoms with E-state index in [0.29, 0.717) is 11.8 Å². The van der Waals surface area contributed by atoms with Gasteiger partial charge in [-0.15, -0.1) is 0 Å². The normalized spacial score (nSPS) is 11.2. The van der Waals surface area contributed by atoms with Crippen LogP contribution < -0.4 is 9.47 Å². The summed E-state index contributed by atoms with van der Waals surface area (Å²) in [6.45, 7) is 10.5. The molecule has 0 aliphatic heterocycles. The smallest absolute Gasteiger partial charge is 0.119 e. The lowest BCUT2D eigenvalue weighted by atomic mass is 10.0. The molecule has 282 valence electrons. The molecule has 2 heteroatoms. The summed E-state index contributed by atoms with van der Waals surface area (Å²) >= 11 is 0. The summed E-state index contributed by atoms with van der Waals surface area (Å²) in [7, 11) is 0. The monoisotopic (exact) mass is 734 g/mol. The average molecular weight is 735 g/mol. The van der Waals surface area contributed by atoms with Gasteiger partial charge in [-0.3, -0.25) is 0 Å². The van der Waals surface area contributed by atoms with Gasteiger partial charge in [-0.1, -0.05) is 114 Å². The molecule has 0 radical (unpaired) electrons. The van der Waals surface area contributed by atoms with Crippen LogP contribution in [0.2, 0.25) is 0 Å². The molecule has 0 aromatic heterocycles. The van der Waals surface area contributed by atoms with E-state index in [4.69, 9.17) is 9.47 Å². The lowest BCUT2D eigenvalue weighted by Gasteiger charge is -2.15. The van der Waals surface area contributed by atoms with Crippen molar-refractivity contribution < 1.29 is 9.47 Å². The third kappa shape index (κ3) is 14.3. The Kier molecular flexibility index (Phi) is 16.9. The van der Waals surface area contributed by atoms with Gasteiger partial charge in [0.25, 0.3) is 0 Å². The molecule has 0 aliphatic carbocycles. The number of benzene rings is 5. The Balaban J connectivity index is 1.08. The maximum atomic E-state index is 6.04. The molecule has 0 N–H and O–H groups in total. The third-order valence-corrected chi connectivity index (χ3v) is 9.83. The van der Waals surface area contributed by atoms with Crippen molar-refractivity contribution >= 4 is 0 Å². The molecule has 0 saturated carbocycles. The van der Waals surface area contributed by atoms with E-state index < -0.39 is 0 Å². The van der Waals surface area contributed by atoms with Crippen LogP contribution in [-0.2, 0) is 0 Å². The second-order valence-corrected chi connectivity index (χ2v) is 14.2. The van der Waals surface area contributed by atoms with Crippen LogP contribution in [0.4, 0.5) is 0 Å². The number of rotatable bonds is 14. The Bertz CT molecular complexity index is 2020. The minimum atomic E-state index is 0.617. The quantitative estimate of drug-likeness (QED) is 0.106. The average Bonchev–Trinajstić information content (AvgIpc) is 3.25. The van der Waals surface area contributed by atoms with Crippen molar-refractivity contribution in [1.29, 1.82) is 0 Å². The summed E-state index contributed by atoms with van der Waals surface area (Å²) in [6.07, 6.45) is 9.74. The Labute approximate surface area is 337 Å². The zero-order chi connectivity index (χ0) is 39.2. The molecule has 0 fully saturated rings. The first-order valence-corrected chi connectivity index (χ1v) is 20.4. The molecule has 5 rings (SSSR count). The lowest BCUT2D eigenvalue weighted by molar-refractivity contribution is 0.233. The van der Waals surface area contributed by atoms with Gasteiger partial charge < -0.3 is 9.47 Å². The van der Waals surface area contributed by atoms with Crippen molar-refractivity contribution in [1.82, 2.24) is 0 Å². The first kappa shape index (κ1) is 41.1. The topological polar surface area (TPSA) is 18.5 Å². The van der Waals surface area contributed by atoms with Crippen LogP contribution in [0, 0.1) is 59.2 Å². The molecule has 0 heterocycles. The summed E-state index contributed by atoms with van der Waals surface area (Å²) in [6, 6.07) is 40.3. The van der Waals surface area contributed by atoms with E-state index in [-0.39, 0.29) is 0 Å². The van der Waals surface area contributed by atoms with Crippen LogP contribution in [0.3, 0.4) is 0 Å².